The molecule has 1 atom stereocenters. The minimum Gasteiger partial charge on any atom is -0.483 e. The van der Waals surface area contributed by atoms with Crippen molar-refractivity contribution in [2.45, 2.75) is 57.7 Å². The lowest BCUT2D eigenvalue weighted by Crippen LogP contribution is -2.51. The van der Waals surface area contributed by atoms with Gasteiger partial charge >= 0.3 is 0 Å². The van der Waals surface area contributed by atoms with Crippen LogP contribution >= 0.6 is 27.5 Å². The molecule has 0 spiro atoms. The van der Waals surface area contributed by atoms with Gasteiger partial charge in [-0.2, -0.15) is 0 Å². The second-order valence-corrected chi connectivity index (χ2v) is 9.18. The minimum atomic E-state index is -0.605. The van der Waals surface area contributed by atoms with Crippen molar-refractivity contribution in [2.75, 3.05) is 6.61 Å². The molecule has 1 fully saturated rings. The van der Waals surface area contributed by atoms with Crippen molar-refractivity contribution in [2.24, 2.45) is 0 Å². The third kappa shape index (κ3) is 6.97. The zero-order valence-electron chi connectivity index (χ0n) is 17.7. The summed E-state index contributed by atoms with van der Waals surface area (Å²) in [7, 11) is 0. The van der Waals surface area contributed by atoms with Crippen LogP contribution in [0.3, 0.4) is 0 Å². The Bertz CT molecular complexity index is 888. The summed E-state index contributed by atoms with van der Waals surface area (Å²) in [5.41, 5.74) is 0.959. The molecule has 166 valence electrons. The van der Waals surface area contributed by atoms with Gasteiger partial charge < -0.3 is 15.0 Å². The zero-order valence-corrected chi connectivity index (χ0v) is 20.0. The quantitative estimate of drug-likeness (QED) is 0.524. The molecule has 2 aromatic carbocycles. The number of rotatable bonds is 8. The molecular weight excluding hydrogens is 480 g/mol. The van der Waals surface area contributed by atoms with E-state index in [0.717, 1.165) is 31.2 Å². The monoisotopic (exact) mass is 506 g/mol. The topological polar surface area (TPSA) is 58.6 Å². The number of carbonyl (C=O) groups excluding carboxylic acids is 2. The van der Waals surface area contributed by atoms with E-state index < -0.39 is 6.04 Å². The van der Waals surface area contributed by atoms with E-state index in [0.29, 0.717) is 21.8 Å². The van der Waals surface area contributed by atoms with Gasteiger partial charge in [0.15, 0.2) is 6.61 Å². The lowest BCUT2D eigenvalue weighted by atomic mass is 9.95. The van der Waals surface area contributed by atoms with Crippen LogP contribution in [0.1, 0.15) is 44.6 Å². The standard InChI is InChI=1S/C24H28BrClN2O3/c1-17(24(30)27-20-10-6-3-7-11-20)28(15-18-8-4-2-5-9-18)23(29)16-31-22-13-12-19(26)14-21(22)25/h2,4-5,8-9,12-14,17,20H,3,6-7,10-11,15-16H2,1H3,(H,27,30)/t17-/m0/s1. The molecule has 0 unspecified atom stereocenters. The number of amides is 2. The first-order valence-electron chi connectivity index (χ1n) is 10.7. The van der Waals surface area contributed by atoms with Crippen LogP contribution < -0.4 is 10.1 Å². The Morgan fingerprint density at radius 2 is 1.87 bits per heavy atom. The van der Waals surface area contributed by atoms with Gasteiger partial charge in [0.05, 0.1) is 4.47 Å². The van der Waals surface area contributed by atoms with Gasteiger partial charge in [0.1, 0.15) is 11.8 Å². The second kappa shape index (κ2) is 11.5. The molecule has 0 bridgehead atoms. The molecule has 1 aliphatic carbocycles. The molecule has 0 heterocycles. The third-order valence-corrected chi connectivity index (χ3v) is 6.41. The molecule has 1 saturated carbocycles. The minimum absolute atomic E-state index is 0.121. The van der Waals surface area contributed by atoms with Gasteiger partial charge in [-0.3, -0.25) is 9.59 Å². The van der Waals surface area contributed by atoms with Gasteiger partial charge in [-0.05, 0) is 59.5 Å². The summed E-state index contributed by atoms with van der Waals surface area (Å²) in [4.78, 5) is 27.6. The van der Waals surface area contributed by atoms with Crippen molar-refractivity contribution in [1.82, 2.24) is 10.2 Å². The molecule has 0 radical (unpaired) electrons. The van der Waals surface area contributed by atoms with Gasteiger partial charge in [0.25, 0.3) is 5.91 Å². The molecule has 1 aliphatic rings. The average molecular weight is 508 g/mol. The molecule has 2 amide bonds. The summed E-state index contributed by atoms with van der Waals surface area (Å²) >= 11 is 9.37. The van der Waals surface area contributed by atoms with Crippen molar-refractivity contribution in [1.29, 1.82) is 0 Å². The molecule has 31 heavy (non-hydrogen) atoms. The summed E-state index contributed by atoms with van der Waals surface area (Å²) in [6, 6.07) is 14.4. The third-order valence-electron chi connectivity index (χ3n) is 5.56. The zero-order chi connectivity index (χ0) is 22.2. The maximum absolute atomic E-state index is 13.1. The van der Waals surface area contributed by atoms with Gasteiger partial charge in [-0.15, -0.1) is 0 Å². The van der Waals surface area contributed by atoms with Crippen LogP contribution in [0.4, 0.5) is 0 Å². The smallest absolute Gasteiger partial charge is 0.261 e. The number of hydrogen-bond donors (Lipinski definition) is 1. The summed E-state index contributed by atoms with van der Waals surface area (Å²) < 4.78 is 6.40. The molecule has 0 aliphatic heterocycles. The fourth-order valence-electron chi connectivity index (χ4n) is 3.75. The summed E-state index contributed by atoms with van der Waals surface area (Å²) in [5, 5.41) is 3.71. The highest BCUT2D eigenvalue weighted by Gasteiger charge is 2.28. The Balaban J connectivity index is 1.69. The van der Waals surface area contributed by atoms with Crippen molar-refractivity contribution < 1.29 is 14.3 Å². The number of benzene rings is 2. The average Bonchev–Trinajstić information content (AvgIpc) is 2.77. The molecule has 7 heteroatoms. The van der Waals surface area contributed by atoms with Crippen LogP contribution in [-0.4, -0.2) is 35.4 Å². The van der Waals surface area contributed by atoms with Crippen molar-refractivity contribution in [3.63, 3.8) is 0 Å². The Kier molecular flexibility index (Phi) is 8.79. The predicted molar refractivity (Wildman–Crippen MR) is 126 cm³/mol. The SMILES string of the molecule is C[C@@H](C(=O)NC1CCCCC1)N(Cc1ccccc1)C(=O)COc1ccc(Cl)cc1Br. The molecular formula is C24H28BrClN2O3. The van der Waals surface area contributed by atoms with Gasteiger partial charge in [-0.1, -0.05) is 61.2 Å². The van der Waals surface area contributed by atoms with E-state index in [-0.39, 0.29) is 24.5 Å². The van der Waals surface area contributed by atoms with Crippen LogP contribution in [0, 0.1) is 0 Å². The van der Waals surface area contributed by atoms with Gasteiger partial charge in [-0.25, -0.2) is 0 Å². The second-order valence-electron chi connectivity index (χ2n) is 7.89. The maximum Gasteiger partial charge on any atom is 0.261 e. The highest BCUT2D eigenvalue weighted by molar-refractivity contribution is 9.10. The number of ether oxygens (including phenoxy) is 1. The number of halogens is 2. The number of carbonyl (C=O) groups is 2. The van der Waals surface area contributed by atoms with Crippen molar-refractivity contribution in [3.8, 4) is 5.75 Å². The van der Waals surface area contributed by atoms with Crippen LogP contribution in [0.25, 0.3) is 0 Å². The van der Waals surface area contributed by atoms with E-state index in [1.54, 1.807) is 30.0 Å². The highest BCUT2D eigenvalue weighted by atomic mass is 79.9. The Morgan fingerprint density at radius 1 is 1.16 bits per heavy atom. The van der Waals surface area contributed by atoms with E-state index >= 15 is 0 Å². The van der Waals surface area contributed by atoms with Crippen molar-refractivity contribution in [3.05, 3.63) is 63.6 Å². The van der Waals surface area contributed by atoms with E-state index in [4.69, 9.17) is 16.3 Å². The molecule has 5 nitrogen and oxygen atoms in total. The first-order valence-corrected chi connectivity index (χ1v) is 11.8. The van der Waals surface area contributed by atoms with Crippen molar-refractivity contribution >= 4 is 39.3 Å². The fourth-order valence-corrected chi connectivity index (χ4v) is 4.54. The highest BCUT2D eigenvalue weighted by Crippen LogP contribution is 2.28. The van der Waals surface area contributed by atoms with Crippen LogP contribution in [0.2, 0.25) is 5.02 Å². The van der Waals surface area contributed by atoms with Gasteiger partial charge in [0.2, 0.25) is 5.91 Å². The largest absolute Gasteiger partial charge is 0.483 e. The molecule has 3 rings (SSSR count). The predicted octanol–water partition coefficient (Wildman–Crippen LogP) is 5.35. The first-order chi connectivity index (χ1) is 14.9. The van der Waals surface area contributed by atoms with E-state index in [1.807, 2.05) is 30.3 Å². The lowest BCUT2D eigenvalue weighted by molar-refractivity contribution is -0.142. The number of nitrogens with one attached hydrogen (secondary N) is 1. The van der Waals surface area contributed by atoms with Crippen LogP contribution in [0.15, 0.2) is 53.0 Å². The molecule has 1 N–H and O–H groups in total. The summed E-state index contributed by atoms with van der Waals surface area (Å²) in [6.07, 6.45) is 5.49. The number of nitrogens with zero attached hydrogens (tertiary/aromatic N) is 1. The lowest BCUT2D eigenvalue weighted by Gasteiger charge is -2.31. The normalized spacial score (nSPS) is 15.2. The van der Waals surface area contributed by atoms with E-state index in [1.165, 1.54) is 6.42 Å². The van der Waals surface area contributed by atoms with Gasteiger partial charge in [0, 0.05) is 17.6 Å². The summed E-state index contributed by atoms with van der Waals surface area (Å²) in [5.74, 6) is 0.151. The summed E-state index contributed by atoms with van der Waals surface area (Å²) in [6.45, 7) is 1.94. The first kappa shape index (κ1) is 23.6. The number of hydrogen-bond acceptors (Lipinski definition) is 3. The molecule has 0 saturated heterocycles. The molecule has 2 aromatic rings. The van der Waals surface area contributed by atoms with Crippen LogP contribution in [0.5, 0.6) is 5.75 Å². The van der Waals surface area contributed by atoms with E-state index in [9.17, 15) is 9.59 Å². The van der Waals surface area contributed by atoms with E-state index in [2.05, 4.69) is 21.2 Å². The van der Waals surface area contributed by atoms with Crippen LogP contribution in [-0.2, 0) is 16.1 Å². The molecule has 0 aromatic heterocycles. The fraction of sp³-hybridized carbons (Fsp3) is 0.417. The maximum atomic E-state index is 13.1. The Morgan fingerprint density at radius 3 is 2.55 bits per heavy atom. The Labute approximate surface area is 197 Å². The Hall–Kier alpha value is -2.05.